The fourth-order valence-electron chi connectivity index (χ4n) is 2.51. The molecule has 0 radical (unpaired) electrons. The molecule has 0 saturated carbocycles. The summed E-state index contributed by atoms with van der Waals surface area (Å²) in [7, 11) is -3.58. The van der Waals surface area contributed by atoms with Crippen molar-refractivity contribution in [1.29, 1.82) is 0 Å². The van der Waals surface area contributed by atoms with Crippen LogP contribution >= 0.6 is 0 Å². The Hall–Kier alpha value is -1.44. The van der Waals surface area contributed by atoms with Crippen molar-refractivity contribution in [3.8, 4) is 0 Å². The minimum atomic E-state index is -3.58. The molecule has 1 saturated heterocycles. The molecule has 1 aliphatic heterocycles. The summed E-state index contributed by atoms with van der Waals surface area (Å²) in [6.07, 6.45) is 2.07. The zero-order valence-corrected chi connectivity index (χ0v) is 12.8. The van der Waals surface area contributed by atoms with E-state index in [1.54, 1.807) is 0 Å². The van der Waals surface area contributed by atoms with Crippen molar-refractivity contribution in [3.63, 3.8) is 0 Å². The van der Waals surface area contributed by atoms with E-state index >= 15 is 0 Å². The monoisotopic (exact) mass is 311 g/mol. The third-order valence-corrected chi connectivity index (χ3v) is 5.41. The highest BCUT2D eigenvalue weighted by atomic mass is 32.2. The van der Waals surface area contributed by atoms with Crippen LogP contribution in [0.1, 0.15) is 30.1 Å². The van der Waals surface area contributed by atoms with Gasteiger partial charge >= 0.3 is 0 Å². The first kappa shape index (κ1) is 15.9. The molecule has 1 fully saturated rings. The lowest BCUT2D eigenvalue weighted by molar-refractivity contribution is 0.1000. The van der Waals surface area contributed by atoms with Crippen LogP contribution in [0, 0.1) is 5.92 Å². The third-order valence-electron chi connectivity index (χ3n) is 3.83. The number of hydrogen-bond acceptors (Lipinski definition) is 4. The van der Waals surface area contributed by atoms with Crippen molar-refractivity contribution in [2.75, 3.05) is 13.1 Å². The first-order chi connectivity index (χ1) is 9.90. The highest BCUT2D eigenvalue weighted by molar-refractivity contribution is 7.89. The average Bonchev–Trinajstić information content (AvgIpc) is 2.48. The molecule has 21 heavy (non-hydrogen) atoms. The number of carbonyl (C=O) groups is 1. The van der Waals surface area contributed by atoms with E-state index in [-0.39, 0.29) is 10.9 Å². The molecule has 1 aliphatic rings. The van der Waals surface area contributed by atoms with E-state index < -0.39 is 15.9 Å². The molecule has 1 heterocycles. The van der Waals surface area contributed by atoms with Crippen LogP contribution in [0.25, 0.3) is 0 Å². The van der Waals surface area contributed by atoms with Gasteiger partial charge in [-0.2, -0.15) is 0 Å². The second kappa shape index (κ2) is 6.55. The SMILES string of the molecule is CC(NS(=O)(=O)c1ccc(C(N)=O)cc1)C1CCCNC1. The van der Waals surface area contributed by atoms with Crippen molar-refractivity contribution in [2.24, 2.45) is 11.7 Å². The van der Waals surface area contributed by atoms with Gasteiger partial charge in [0.2, 0.25) is 15.9 Å². The highest BCUT2D eigenvalue weighted by Crippen LogP contribution is 2.17. The molecular weight excluding hydrogens is 290 g/mol. The van der Waals surface area contributed by atoms with Gasteiger partial charge in [0.25, 0.3) is 0 Å². The summed E-state index contributed by atoms with van der Waals surface area (Å²) in [6, 6.07) is 5.49. The minimum absolute atomic E-state index is 0.140. The van der Waals surface area contributed by atoms with E-state index in [1.807, 2.05) is 6.92 Å². The predicted octanol–water partition coefficient (Wildman–Crippen LogP) is 0.452. The van der Waals surface area contributed by atoms with E-state index in [0.717, 1.165) is 25.9 Å². The molecule has 4 N–H and O–H groups in total. The molecule has 0 bridgehead atoms. The lowest BCUT2D eigenvalue weighted by Crippen LogP contribution is -2.44. The van der Waals surface area contributed by atoms with Crippen LogP contribution in [0.4, 0.5) is 0 Å². The maximum absolute atomic E-state index is 12.3. The molecular formula is C14H21N3O3S. The van der Waals surface area contributed by atoms with Crippen LogP contribution in [0.3, 0.4) is 0 Å². The quantitative estimate of drug-likeness (QED) is 0.735. The van der Waals surface area contributed by atoms with Crippen LogP contribution in [-0.4, -0.2) is 33.5 Å². The molecule has 1 aromatic rings. The van der Waals surface area contributed by atoms with Crippen LogP contribution in [0.2, 0.25) is 0 Å². The Balaban J connectivity index is 2.08. The van der Waals surface area contributed by atoms with Crippen molar-refractivity contribution in [3.05, 3.63) is 29.8 Å². The molecule has 116 valence electrons. The molecule has 0 spiro atoms. The van der Waals surface area contributed by atoms with E-state index in [0.29, 0.717) is 11.5 Å². The minimum Gasteiger partial charge on any atom is -0.366 e. The Bertz CT molecular complexity index is 592. The van der Waals surface area contributed by atoms with Gasteiger partial charge in [-0.1, -0.05) is 0 Å². The molecule has 1 aromatic carbocycles. The molecule has 0 aliphatic carbocycles. The van der Waals surface area contributed by atoms with Gasteiger partial charge in [0.1, 0.15) is 0 Å². The second-order valence-electron chi connectivity index (χ2n) is 5.41. The summed E-state index contributed by atoms with van der Waals surface area (Å²) in [6.45, 7) is 3.70. The number of rotatable bonds is 5. The normalized spacial score (nSPS) is 20.9. The van der Waals surface area contributed by atoms with Crippen LogP contribution in [0.15, 0.2) is 29.2 Å². The zero-order valence-electron chi connectivity index (χ0n) is 12.0. The third kappa shape index (κ3) is 4.03. The van der Waals surface area contributed by atoms with Gasteiger partial charge in [-0.25, -0.2) is 13.1 Å². The summed E-state index contributed by atoms with van der Waals surface area (Å²) in [5, 5.41) is 3.27. The Morgan fingerprint density at radius 2 is 2.05 bits per heavy atom. The number of sulfonamides is 1. The standard InChI is InChI=1S/C14H21N3O3S/c1-10(12-3-2-8-16-9-12)17-21(19,20)13-6-4-11(5-7-13)14(15)18/h4-7,10,12,16-17H,2-3,8-9H2,1H3,(H2,15,18). The van der Waals surface area contributed by atoms with Gasteiger partial charge in [-0.3, -0.25) is 4.79 Å². The summed E-state index contributed by atoms with van der Waals surface area (Å²) in [4.78, 5) is 11.1. The van der Waals surface area contributed by atoms with Gasteiger partial charge in [-0.15, -0.1) is 0 Å². The maximum atomic E-state index is 12.3. The first-order valence-electron chi connectivity index (χ1n) is 7.03. The van der Waals surface area contributed by atoms with E-state index in [1.165, 1.54) is 24.3 Å². The number of amides is 1. The smallest absolute Gasteiger partial charge is 0.248 e. The number of nitrogens with one attached hydrogen (secondary N) is 2. The van der Waals surface area contributed by atoms with Gasteiger partial charge < -0.3 is 11.1 Å². The topological polar surface area (TPSA) is 101 Å². The Labute approximate surface area is 125 Å². The number of nitrogens with two attached hydrogens (primary N) is 1. The van der Waals surface area contributed by atoms with Crippen molar-refractivity contribution in [2.45, 2.75) is 30.7 Å². The van der Waals surface area contributed by atoms with Crippen LogP contribution in [0.5, 0.6) is 0 Å². The summed E-state index contributed by atoms with van der Waals surface area (Å²) in [5.74, 6) is -0.285. The second-order valence-corrected chi connectivity index (χ2v) is 7.12. The number of hydrogen-bond donors (Lipinski definition) is 3. The summed E-state index contributed by atoms with van der Waals surface area (Å²) >= 11 is 0. The largest absolute Gasteiger partial charge is 0.366 e. The molecule has 0 aromatic heterocycles. The molecule has 1 amide bonds. The maximum Gasteiger partial charge on any atom is 0.248 e. The van der Waals surface area contributed by atoms with Gasteiger partial charge in [0.15, 0.2) is 0 Å². The van der Waals surface area contributed by atoms with Gasteiger partial charge in [0.05, 0.1) is 4.90 Å². The number of carbonyl (C=O) groups excluding carboxylic acids is 1. The highest BCUT2D eigenvalue weighted by Gasteiger charge is 2.25. The van der Waals surface area contributed by atoms with E-state index in [2.05, 4.69) is 10.0 Å². The lowest BCUT2D eigenvalue weighted by Gasteiger charge is -2.28. The van der Waals surface area contributed by atoms with Crippen LogP contribution < -0.4 is 15.8 Å². The molecule has 6 nitrogen and oxygen atoms in total. The lowest BCUT2D eigenvalue weighted by atomic mass is 9.94. The van der Waals surface area contributed by atoms with Crippen molar-refractivity contribution < 1.29 is 13.2 Å². The number of piperidine rings is 1. The Kier molecular flexibility index (Phi) is 4.97. The molecule has 2 unspecified atom stereocenters. The van der Waals surface area contributed by atoms with E-state index in [4.69, 9.17) is 5.73 Å². The van der Waals surface area contributed by atoms with Crippen molar-refractivity contribution in [1.82, 2.24) is 10.0 Å². The summed E-state index contributed by atoms with van der Waals surface area (Å²) in [5.41, 5.74) is 5.43. The average molecular weight is 311 g/mol. The first-order valence-corrected chi connectivity index (χ1v) is 8.51. The molecule has 7 heteroatoms. The summed E-state index contributed by atoms with van der Waals surface area (Å²) < 4.78 is 27.3. The Morgan fingerprint density at radius 1 is 1.38 bits per heavy atom. The van der Waals surface area contributed by atoms with Crippen molar-refractivity contribution >= 4 is 15.9 Å². The van der Waals surface area contributed by atoms with Crippen LogP contribution in [-0.2, 0) is 10.0 Å². The zero-order chi connectivity index (χ0) is 15.5. The van der Waals surface area contributed by atoms with Gasteiger partial charge in [0, 0.05) is 11.6 Å². The van der Waals surface area contributed by atoms with Gasteiger partial charge in [-0.05, 0) is 63.0 Å². The van der Waals surface area contributed by atoms with E-state index in [9.17, 15) is 13.2 Å². The Morgan fingerprint density at radius 3 is 2.57 bits per heavy atom. The molecule has 2 atom stereocenters. The molecule has 2 rings (SSSR count). The number of primary amides is 1. The predicted molar refractivity (Wildman–Crippen MR) is 80.3 cm³/mol. The fourth-order valence-corrected chi connectivity index (χ4v) is 3.83. The fraction of sp³-hybridized carbons (Fsp3) is 0.500. The number of benzene rings is 1.